The molecule has 4 nitrogen and oxygen atoms in total. The molecule has 0 aromatic carbocycles. The van der Waals surface area contributed by atoms with E-state index >= 15 is 0 Å². The number of aryl methyl sites for hydroxylation is 1. The number of hydrogen-bond acceptors (Lipinski definition) is 4. The molecule has 2 aliphatic rings. The molecule has 0 atom stereocenters. The molecule has 3 rings (SSSR count). The molecule has 1 fully saturated rings. The van der Waals surface area contributed by atoms with E-state index in [-0.39, 0.29) is 0 Å². The van der Waals surface area contributed by atoms with Crippen LogP contribution in [0.25, 0.3) is 0 Å². The molecule has 2 aliphatic carbocycles. The maximum absolute atomic E-state index is 10.8. The zero-order valence-corrected chi connectivity index (χ0v) is 12.9. The quantitative estimate of drug-likeness (QED) is 0.662. The summed E-state index contributed by atoms with van der Waals surface area (Å²) in [6.45, 7) is 0.621. The smallest absolute Gasteiger partial charge is 0.132 e. The van der Waals surface area contributed by atoms with Crippen LogP contribution in [-0.4, -0.2) is 27.2 Å². The number of aliphatic hydroxyl groups is 1. The van der Waals surface area contributed by atoms with Crippen LogP contribution in [0.3, 0.4) is 0 Å². The second-order valence-corrected chi connectivity index (χ2v) is 6.70. The average molecular weight is 289 g/mol. The number of nitrogens with one attached hydrogen (secondary N) is 1. The summed E-state index contributed by atoms with van der Waals surface area (Å²) in [5.41, 5.74) is 1.93. The molecular formula is C17H27N3O. The highest BCUT2D eigenvalue weighted by molar-refractivity contribution is 5.46. The summed E-state index contributed by atoms with van der Waals surface area (Å²) in [6, 6.07) is 0. The van der Waals surface area contributed by atoms with Gasteiger partial charge in [-0.3, -0.25) is 0 Å². The van der Waals surface area contributed by atoms with E-state index < -0.39 is 5.60 Å². The Labute approximate surface area is 127 Å². The van der Waals surface area contributed by atoms with Gasteiger partial charge in [-0.05, 0) is 38.5 Å². The Morgan fingerprint density at radius 2 is 1.67 bits per heavy atom. The Balaban J connectivity index is 1.70. The van der Waals surface area contributed by atoms with Crippen molar-refractivity contribution in [3.8, 4) is 0 Å². The van der Waals surface area contributed by atoms with E-state index in [1.807, 2.05) is 0 Å². The highest BCUT2D eigenvalue weighted by atomic mass is 16.3. The topological polar surface area (TPSA) is 58.0 Å². The largest absolute Gasteiger partial charge is 0.388 e. The molecule has 0 aliphatic heterocycles. The van der Waals surface area contributed by atoms with Crippen LogP contribution in [0.15, 0.2) is 6.33 Å². The minimum Gasteiger partial charge on any atom is -0.388 e. The highest BCUT2D eigenvalue weighted by Crippen LogP contribution is 2.29. The number of fused-ring (bicyclic) bond motifs is 1. The Bertz CT molecular complexity index is 467. The molecule has 0 amide bonds. The van der Waals surface area contributed by atoms with Crippen molar-refractivity contribution in [1.82, 2.24) is 9.97 Å². The van der Waals surface area contributed by atoms with Crippen molar-refractivity contribution in [1.29, 1.82) is 0 Å². The van der Waals surface area contributed by atoms with Crippen LogP contribution in [0.1, 0.15) is 69.0 Å². The number of rotatable bonds is 3. The molecule has 21 heavy (non-hydrogen) atoms. The van der Waals surface area contributed by atoms with Crippen molar-refractivity contribution in [3.05, 3.63) is 17.6 Å². The molecular weight excluding hydrogens is 262 g/mol. The number of nitrogens with zero attached hydrogens (tertiary/aromatic N) is 2. The van der Waals surface area contributed by atoms with Crippen molar-refractivity contribution >= 4 is 5.82 Å². The van der Waals surface area contributed by atoms with E-state index in [9.17, 15) is 5.11 Å². The average Bonchev–Trinajstić information content (AvgIpc) is 2.86. The van der Waals surface area contributed by atoms with Gasteiger partial charge in [0.2, 0.25) is 0 Å². The first kappa shape index (κ1) is 14.8. The fourth-order valence-corrected chi connectivity index (χ4v) is 3.66. The summed E-state index contributed by atoms with van der Waals surface area (Å²) in [7, 11) is 0. The van der Waals surface area contributed by atoms with Gasteiger partial charge in [0.25, 0.3) is 0 Å². The normalized spacial score (nSPS) is 22.0. The van der Waals surface area contributed by atoms with Crippen LogP contribution < -0.4 is 5.32 Å². The Kier molecular flexibility index (Phi) is 4.73. The predicted molar refractivity (Wildman–Crippen MR) is 84.4 cm³/mol. The van der Waals surface area contributed by atoms with Crippen LogP contribution in [0.5, 0.6) is 0 Å². The molecule has 0 unspecified atom stereocenters. The molecule has 0 radical (unpaired) electrons. The molecule has 1 aromatic heterocycles. The van der Waals surface area contributed by atoms with Gasteiger partial charge in [-0.1, -0.05) is 32.1 Å². The molecule has 4 heteroatoms. The lowest BCUT2D eigenvalue weighted by Gasteiger charge is -2.27. The molecule has 0 saturated heterocycles. The van der Waals surface area contributed by atoms with E-state index in [2.05, 4.69) is 15.3 Å². The summed E-state index contributed by atoms with van der Waals surface area (Å²) in [5.74, 6) is 0.958. The molecule has 1 saturated carbocycles. The first-order chi connectivity index (χ1) is 10.3. The standard InChI is InChI=1S/C17H27N3O/c21-17(10-6-1-2-7-11-17)12-18-16-14-8-4-3-5-9-15(14)19-13-20-16/h13,21H,1-12H2,(H,18,19,20). The van der Waals surface area contributed by atoms with Crippen LogP contribution >= 0.6 is 0 Å². The second-order valence-electron chi connectivity index (χ2n) is 6.70. The lowest BCUT2D eigenvalue weighted by molar-refractivity contribution is 0.0380. The van der Waals surface area contributed by atoms with Crippen molar-refractivity contribution < 1.29 is 5.11 Å². The highest BCUT2D eigenvalue weighted by Gasteiger charge is 2.28. The van der Waals surface area contributed by atoms with Crippen LogP contribution in [-0.2, 0) is 12.8 Å². The molecule has 1 heterocycles. The van der Waals surface area contributed by atoms with Gasteiger partial charge in [0, 0.05) is 17.8 Å². The Hall–Kier alpha value is -1.16. The van der Waals surface area contributed by atoms with Crippen LogP contribution in [0, 0.1) is 0 Å². The lowest BCUT2D eigenvalue weighted by atomic mass is 9.94. The first-order valence-electron chi connectivity index (χ1n) is 8.56. The summed E-state index contributed by atoms with van der Waals surface area (Å²) < 4.78 is 0. The van der Waals surface area contributed by atoms with Crippen molar-refractivity contribution in [2.24, 2.45) is 0 Å². The third-order valence-corrected chi connectivity index (χ3v) is 4.99. The third-order valence-electron chi connectivity index (χ3n) is 4.99. The lowest BCUT2D eigenvalue weighted by Crippen LogP contribution is -2.36. The Morgan fingerprint density at radius 3 is 2.48 bits per heavy atom. The summed E-state index contributed by atoms with van der Waals surface area (Å²) in [6.07, 6.45) is 14.1. The molecule has 0 bridgehead atoms. The van der Waals surface area contributed by atoms with E-state index in [0.717, 1.165) is 44.3 Å². The third kappa shape index (κ3) is 3.73. The van der Waals surface area contributed by atoms with Crippen molar-refractivity contribution in [2.75, 3.05) is 11.9 Å². The maximum atomic E-state index is 10.8. The van der Waals surface area contributed by atoms with E-state index in [1.165, 1.54) is 43.4 Å². The summed E-state index contributed by atoms with van der Waals surface area (Å²) in [4.78, 5) is 8.89. The van der Waals surface area contributed by atoms with Gasteiger partial charge < -0.3 is 10.4 Å². The minimum atomic E-state index is -0.556. The monoisotopic (exact) mass is 289 g/mol. The summed E-state index contributed by atoms with van der Waals surface area (Å²) >= 11 is 0. The number of hydrogen-bond donors (Lipinski definition) is 2. The summed E-state index contributed by atoms with van der Waals surface area (Å²) in [5, 5.41) is 14.2. The number of anilines is 1. The minimum absolute atomic E-state index is 0.556. The van der Waals surface area contributed by atoms with Gasteiger partial charge in [-0.25, -0.2) is 9.97 Å². The molecule has 1 aromatic rings. The zero-order valence-electron chi connectivity index (χ0n) is 12.9. The predicted octanol–water partition coefficient (Wildman–Crippen LogP) is 3.24. The van der Waals surface area contributed by atoms with Gasteiger partial charge in [0.05, 0.1) is 5.60 Å². The van der Waals surface area contributed by atoms with E-state index in [4.69, 9.17) is 0 Å². The van der Waals surface area contributed by atoms with E-state index in [1.54, 1.807) is 6.33 Å². The fraction of sp³-hybridized carbons (Fsp3) is 0.765. The van der Waals surface area contributed by atoms with Crippen molar-refractivity contribution in [3.63, 3.8) is 0 Å². The SMILES string of the molecule is OC1(CNc2ncnc3c2CCCCC3)CCCCCC1. The van der Waals surface area contributed by atoms with Crippen molar-refractivity contribution in [2.45, 2.75) is 76.2 Å². The first-order valence-corrected chi connectivity index (χ1v) is 8.56. The second kappa shape index (κ2) is 6.73. The molecule has 0 spiro atoms. The van der Waals surface area contributed by atoms with Gasteiger partial charge in [0.1, 0.15) is 12.1 Å². The van der Waals surface area contributed by atoms with Crippen LogP contribution in [0.4, 0.5) is 5.82 Å². The van der Waals surface area contributed by atoms with Gasteiger partial charge in [-0.15, -0.1) is 0 Å². The van der Waals surface area contributed by atoms with Gasteiger partial charge in [-0.2, -0.15) is 0 Å². The van der Waals surface area contributed by atoms with E-state index in [0.29, 0.717) is 6.54 Å². The van der Waals surface area contributed by atoms with Gasteiger partial charge in [0.15, 0.2) is 0 Å². The maximum Gasteiger partial charge on any atom is 0.132 e. The molecule has 2 N–H and O–H groups in total. The molecule has 116 valence electrons. The number of aromatic nitrogens is 2. The Morgan fingerprint density at radius 1 is 0.952 bits per heavy atom. The van der Waals surface area contributed by atoms with Crippen LogP contribution in [0.2, 0.25) is 0 Å². The fourth-order valence-electron chi connectivity index (χ4n) is 3.66. The zero-order chi connectivity index (χ0) is 14.5. The van der Waals surface area contributed by atoms with Gasteiger partial charge >= 0.3 is 0 Å².